The van der Waals surface area contributed by atoms with Crippen molar-refractivity contribution in [3.63, 3.8) is 0 Å². The fourth-order valence-electron chi connectivity index (χ4n) is 3.82. The first-order valence-electron chi connectivity index (χ1n) is 11.2. The summed E-state index contributed by atoms with van der Waals surface area (Å²) in [5.74, 6) is -1.98. The van der Waals surface area contributed by atoms with Gasteiger partial charge < -0.3 is 14.8 Å². The lowest BCUT2D eigenvalue weighted by Crippen LogP contribution is -2.40. The first-order chi connectivity index (χ1) is 17.8. The van der Waals surface area contributed by atoms with E-state index in [1.807, 2.05) is 0 Å². The monoisotopic (exact) mass is 563 g/mol. The van der Waals surface area contributed by atoms with Crippen molar-refractivity contribution in [1.82, 2.24) is 10.3 Å². The SMILES string of the molecule is COCCCOc1ncc(F)cc1C(=O)NC1N=C(c2c(Cl)cc(Cl)cc2Cl)c2ccccc2CC1=O. The van der Waals surface area contributed by atoms with Gasteiger partial charge in [0.25, 0.3) is 5.91 Å². The molecule has 0 fully saturated rings. The minimum atomic E-state index is -1.32. The number of fused-ring (bicyclic) bond motifs is 1. The molecule has 1 N–H and O–H groups in total. The van der Waals surface area contributed by atoms with E-state index in [0.29, 0.717) is 40.5 Å². The lowest BCUT2D eigenvalue weighted by atomic mass is 9.96. The molecular formula is C26H21Cl3FN3O4. The highest BCUT2D eigenvalue weighted by atomic mass is 35.5. The third-order valence-corrected chi connectivity index (χ3v) is 6.32. The van der Waals surface area contributed by atoms with Gasteiger partial charge >= 0.3 is 0 Å². The Morgan fingerprint density at radius 2 is 1.86 bits per heavy atom. The van der Waals surface area contributed by atoms with Crippen LogP contribution in [0.3, 0.4) is 0 Å². The minimum Gasteiger partial charge on any atom is -0.477 e. The van der Waals surface area contributed by atoms with Crippen LogP contribution in [0.5, 0.6) is 5.88 Å². The van der Waals surface area contributed by atoms with Gasteiger partial charge in [0.1, 0.15) is 11.4 Å². The maximum absolute atomic E-state index is 14.0. The molecule has 7 nitrogen and oxygen atoms in total. The van der Waals surface area contributed by atoms with Crippen LogP contribution >= 0.6 is 34.8 Å². The highest BCUT2D eigenvalue weighted by molar-refractivity contribution is 6.43. The van der Waals surface area contributed by atoms with Gasteiger partial charge in [-0.05, 0) is 23.8 Å². The highest BCUT2D eigenvalue weighted by Crippen LogP contribution is 2.33. The van der Waals surface area contributed by atoms with Crippen LogP contribution in [0.15, 0.2) is 53.7 Å². The van der Waals surface area contributed by atoms with Gasteiger partial charge in [0.05, 0.1) is 28.6 Å². The third-order valence-electron chi connectivity index (χ3n) is 5.51. The summed E-state index contributed by atoms with van der Waals surface area (Å²) in [5.41, 5.74) is 1.81. The first kappa shape index (κ1) is 27.0. The molecule has 192 valence electrons. The molecule has 0 saturated carbocycles. The summed E-state index contributed by atoms with van der Waals surface area (Å²) in [6.45, 7) is 0.632. The third kappa shape index (κ3) is 6.27. The van der Waals surface area contributed by atoms with Gasteiger partial charge in [-0.25, -0.2) is 9.37 Å². The number of aliphatic imine (C=N–C) groups is 1. The molecule has 4 rings (SSSR count). The lowest BCUT2D eigenvalue weighted by molar-refractivity contribution is -0.120. The topological polar surface area (TPSA) is 89.9 Å². The molecule has 2 aromatic carbocycles. The predicted octanol–water partition coefficient (Wildman–Crippen LogP) is 5.31. The number of methoxy groups -OCH3 is 1. The van der Waals surface area contributed by atoms with E-state index in [1.165, 1.54) is 12.1 Å². The maximum Gasteiger partial charge on any atom is 0.258 e. The number of pyridine rings is 1. The van der Waals surface area contributed by atoms with Crippen LogP contribution in [0.1, 0.15) is 33.5 Å². The molecule has 11 heteroatoms. The standard InChI is InChI=1S/C26H21Cl3FN3O4/c1-36-7-4-8-37-26-18(12-16(30)13-31-26)25(35)33-24-21(34)9-14-5-2-3-6-17(14)23(32-24)22-19(28)10-15(27)11-20(22)29/h2-3,5-6,10-13,24H,4,7-9H2,1H3,(H,33,35). The number of carbonyl (C=O) groups is 2. The quantitative estimate of drug-likeness (QED) is 0.374. The molecule has 2 heterocycles. The number of amides is 1. The van der Waals surface area contributed by atoms with E-state index >= 15 is 0 Å². The van der Waals surface area contributed by atoms with Crippen LogP contribution < -0.4 is 10.1 Å². The Morgan fingerprint density at radius 3 is 2.59 bits per heavy atom. The average Bonchev–Trinajstić information content (AvgIpc) is 2.98. The van der Waals surface area contributed by atoms with E-state index < -0.39 is 17.9 Å². The zero-order chi connectivity index (χ0) is 26.5. The van der Waals surface area contributed by atoms with E-state index in [9.17, 15) is 14.0 Å². The van der Waals surface area contributed by atoms with Gasteiger partial charge in [-0.1, -0.05) is 59.1 Å². The molecule has 1 aromatic heterocycles. The van der Waals surface area contributed by atoms with Crippen molar-refractivity contribution < 1.29 is 23.5 Å². The Morgan fingerprint density at radius 1 is 1.14 bits per heavy atom. The number of benzene rings is 2. The van der Waals surface area contributed by atoms with Crippen molar-refractivity contribution in [2.75, 3.05) is 20.3 Å². The fourth-order valence-corrected chi connectivity index (χ4v) is 4.82. The largest absolute Gasteiger partial charge is 0.477 e. The van der Waals surface area contributed by atoms with E-state index in [2.05, 4.69) is 15.3 Å². The zero-order valence-electron chi connectivity index (χ0n) is 19.6. The van der Waals surface area contributed by atoms with Crippen LogP contribution in [-0.4, -0.2) is 48.9 Å². The first-order valence-corrected chi connectivity index (χ1v) is 12.3. The van der Waals surface area contributed by atoms with Crippen LogP contribution in [-0.2, 0) is 16.0 Å². The van der Waals surface area contributed by atoms with Gasteiger partial charge in [-0.2, -0.15) is 0 Å². The molecule has 0 radical (unpaired) electrons. The second-order valence-electron chi connectivity index (χ2n) is 8.10. The number of carbonyl (C=O) groups excluding carboxylic acids is 2. The van der Waals surface area contributed by atoms with Crippen molar-refractivity contribution in [2.45, 2.75) is 19.0 Å². The number of ketones is 1. The summed E-state index contributed by atoms with van der Waals surface area (Å²) in [6.07, 6.45) is 0.143. The average molecular weight is 565 g/mol. The van der Waals surface area contributed by atoms with Crippen LogP contribution in [0.4, 0.5) is 4.39 Å². The van der Waals surface area contributed by atoms with Crippen LogP contribution in [0, 0.1) is 5.82 Å². The number of halogens is 4. The number of nitrogens with zero attached hydrogens (tertiary/aromatic N) is 2. The lowest BCUT2D eigenvalue weighted by Gasteiger charge is -2.16. The van der Waals surface area contributed by atoms with Gasteiger partial charge in [0.15, 0.2) is 11.9 Å². The van der Waals surface area contributed by atoms with Crippen molar-refractivity contribution in [2.24, 2.45) is 4.99 Å². The summed E-state index contributed by atoms with van der Waals surface area (Å²) < 4.78 is 24.5. The summed E-state index contributed by atoms with van der Waals surface area (Å²) in [4.78, 5) is 34.9. The highest BCUT2D eigenvalue weighted by Gasteiger charge is 2.30. The zero-order valence-corrected chi connectivity index (χ0v) is 21.8. The number of hydrogen-bond donors (Lipinski definition) is 1. The van der Waals surface area contributed by atoms with E-state index in [1.54, 1.807) is 31.4 Å². The van der Waals surface area contributed by atoms with E-state index in [4.69, 9.17) is 44.3 Å². The molecule has 3 aromatic rings. The van der Waals surface area contributed by atoms with Gasteiger partial charge in [0, 0.05) is 42.7 Å². The Kier molecular flexibility index (Phi) is 8.76. The second-order valence-corrected chi connectivity index (χ2v) is 9.35. The van der Waals surface area contributed by atoms with Gasteiger partial charge in [0.2, 0.25) is 5.88 Å². The Hall–Kier alpha value is -3.04. The van der Waals surface area contributed by atoms with E-state index in [0.717, 1.165) is 12.3 Å². The fraction of sp³-hybridized carbons (Fsp3) is 0.231. The van der Waals surface area contributed by atoms with Crippen molar-refractivity contribution in [3.8, 4) is 5.88 Å². The summed E-state index contributed by atoms with van der Waals surface area (Å²) in [5, 5.41) is 3.37. The van der Waals surface area contributed by atoms with Gasteiger partial charge in [-0.15, -0.1) is 0 Å². The number of aromatic nitrogens is 1. The number of nitrogens with one attached hydrogen (secondary N) is 1. The van der Waals surface area contributed by atoms with Crippen molar-refractivity contribution >= 4 is 52.2 Å². The molecule has 1 unspecified atom stereocenters. The molecule has 1 aliphatic heterocycles. The second kappa shape index (κ2) is 12.0. The number of ether oxygens (including phenoxy) is 2. The number of rotatable bonds is 8. The molecule has 1 atom stereocenters. The minimum absolute atomic E-state index is 0.0152. The molecule has 1 aliphatic rings. The Labute approximate surface area is 227 Å². The molecule has 0 bridgehead atoms. The Bertz CT molecular complexity index is 1360. The summed E-state index contributed by atoms with van der Waals surface area (Å²) >= 11 is 19.1. The summed E-state index contributed by atoms with van der Waals surface area (Å²) in [6, 6.07) is 11.2. The number of Topliss-reactive ketones (excluding diaryl/α,β-unsaturated/α-hetero) is 1. The van der Waals surface area contributed by atoms with Crippen molar-refractivity contribution in [1.29, 1.82) is 0 Å². The molecular weight excluding hydrogens is 544 g/mol. The van der Waals surface area contributed by atoms with E-state index in [-0.39, 0.29) is 40.3 Å². The molecule has 37 heavy (non-hydrogen) atoms. The maximum atomic E-state index is 14.0. The number of hydrogen-bond acceptors (Lipinski definition) is 6. The molecule has 0 aliphatic carbocycles. The normalized spacial score (nSPS) is 15.0. The smallest absolute Gasteiger partial charge is 0.258 e. The summed E-state index contributed by atoms with van der Waals surface area (Å²) in [7, 11) is 1.55. The predicted molar refractivity (Wildman–Crippen MR) is 140 cm³/mol. The Balaban J connectivity index is 1.72. The molecule has 1 amide bonds. The van der Waals surface area contributed by atoms with Gasteiger partial charge in [-0.3, -0.25) is 14.6 Å². The molecule has 0 spiro atoms. The molecule has 0 saturated heterocycles. The van der Waals surface area contributed by atoms with Crippen LogP contribution in [0.2, 0.25) is 15.1 Å². The van der Waals surface area contributed by atoms with Crippen LogP contribution in [0.25, 0.3) is 0 Å². The van der Waals surface area contributed by atoms with Crippen molar-refractivity contribution in [3.05, 3.63) is 91.8 Å².